The molecule has 0 saturated carbocycles. The van der Waals surface area contributed by atoms with Crippen molar-refractivity contribution in [3.05, 3.63) is 138 Å². The topological polar surface area (TPSA) is 141 Å². The van der Waals surface area contributed by atoms with Gasteiger partial charge in [-0.1, -0.05) is 102 Å². The first-order chi connectivity index (χ1) is 25.8. The van der Waals surface area contributed by atoms with E-state index in [4.69, 9.17) is 9.47 Å². The molecule has 0 bridgehead atoms. The van der Waals surface area contributed by atoms with Crippen LogP contribution in [0, 0.1) is 0 Å². The zero-order valence-corrected chi connectivity index (χ0v) is 31.1. The number of fused-ring (bicyclic) bond motifs is 1. The van der Waals surface area contributed by atoms with Crippen LogP contribution in [0.25, 0.3) is 10.2 Å². The number of alkyl halides is 3. The summed E-state index contributed by atoms with van der Waals surface area (Å²) < 4.78 is 82.3. The van der Waals surface area contributed by atoms with Crippen LogP contribution in [0.5, 0.6) is 5.75 Å². The summed E-state index contributed by atoms with van der Waals surface area (Å²) in [4.78, 5) is 46.5. The SMILES string of the molecule is C/C(OS(=O)(=O)C(F)(F)F)=C(/C(=O)OC(c1ccccc1)c1ccccc1)N1C(=O)[C@@H](NC(=O)COc2ccccc2)[C@H]1SSc1nc2ccccc2s1. The van der Waals surface area contributed by atoms with Crippen LogP contribution in [-0.2, 0) is 33.4 Å². The Morgan fingerprint density at radius 1 is 0.907 bits per heavy atom. The van der Waals surface area contributed by atoms with E-state index in [-0.39, 0.29) is 0 Å². The molecule has 5 aromatic rings. The van der Waals surface area contributed by atoms with Crippen molar-refractivity contribution in [1.82, 2.24) is 15.2 Å². The van der Waals surface area contributed by atoms with Gasteiger partial charge in [-0.15, -0.1) is 11.3 Å². The first-order valence-corrected chi connectivity index (χ1v) is 20.3. The number of ether oxygens (including phenoxy) is 2. The largest absolute Gasteiger partial charge is 0.534 e. The number of hydrogen-bond donors (Lipinski definition) is 1. The van der Waals surface area contributed by atoms with Crippen LogP contribution in [0.4, 0.5) is 13.2 Å². The van der Waals surface area contributed by atoms with Crippen molar-refractivity contribution in [1.29, 1.82) is 0 Å². The third-order valence-corrected chi connectivity index (χ3v) is 12.7. The van der Waals surface area contributed by atoms with Gasteiger partial charge in [0.15, 0.2) is 22.7 Å². The smallest absolute Gasteiger partial charge is 0.484 e. The quantitative estimate of drug-likeness (QED) is 0.0232. The highest BCUT2D eigenvalue weighted by Crippen LogP contribution is 2.46. The average molecular weight is 816 g/mol. The minimum absolute atomic E-state index is 0.379. The average Bonchev–Trinajstić information content (AvgIpc) is 3.58. The third-order valence-electron chi connectivity index (χ3n) is 7.68. The van der Waals surface area contributed by atoms with E-state index < -0.39 is 69.0 Å². The molecule has 6 rings (SSSR count). The molecule has 0 aliphatic carbocycles. The standard InChI is InChI=1S/C36H28F3N3O8S4/c1-22(50-54(46,47)36(37,38)39)30(34(45)49-31(23-13-5-2-6-14-23)24-15-7-3-8-16-24)42-32(44)29(41-28(43)21-48-25-17-9-4-10-18-25)33(42)52-53-35-40-26-19-11-12-20-27(26)51-35/h2-20,29,31,33H,21H2,1H3,(H,41,43)/b30-22+/t29-,33-/m1/s1. The summed E-state index contributed by atoms with van der Waals surface area (Å²) in [5.74, 6) is -3.76. The lowest BCUT2D eigenvalue weighted by Gasteiger charge is -2.46. The number of esters is 1. The maximum absolute atomic E-state index is 14.2. The second-order valence-electron chi connectivity index (χ2n) is 11.4. The molecule has 2 atom stereocenters. The molecule has 1 N–H and O–H groups in total. The van der Waals surface area contributed by atoms with Crippen molar-refractivity contribution < 1.29 is 49.6 Å². The van der Waals surface area contributed by atoms with Gasteiger partial charge in [-0.3, -0.25) is 14.5 Å². The van der Waals surface area contributed by atoms with E-state index in [1.165, 1.54) is 11.3 Å². The zero-order valence-electron chi connectivity index (χ0n) is 27.8. The number of benzene rings is 4. The summed E-state index contributed by atoms with van der Waals surface area (Å²) in [7, 11) is -4.28. The first kappa shape index (κ1) is 38.7. The lowest BCUT2D eigenvalue weighted by atomic mass is 10.0. The van der Waals surface area contributed by atoms with E-state index in [2.05, 4.69) is 14.5 Å². The summed E-state index contributed by atoms with van der Waals surface area (Å²) in [6.45, 7) is 0.304. The fraction of sp³-hybridized carbons (Fsp3) is 0.167. The van der Waals surface area contributed by atoms with Crippen LogP contribution in [-0.4, -0.2) is 59.6 Å². The van der Waals surface area contributed by atoms with Crippen molar-refractivity contribution >= 4 is 71.0 Å². The molecule has 1 aliphatic rings. The van der Waals surface area contributed by atoms with Crippen molar-refractivity contribution in [3.63, 3.8) is 0 Å². The number of halogens is 3. The maximum Gasteiger partial charge on any atom is 0.534 e. The molecule has 1 saturated heterocycles. The van der Waals surface area contributed by atoms with E-state index in [0.717, 1.165) is 38.1 Å². The zero-order chi connectivity index (χ0) is 38.5. The lowest BCUT2D eigenvalue weighted by Crippen LogP contribution is -2.69. The lowest BCUT2D eigenvalue weighted by molar-refractivity contribution is -0.155. The predicted octanol–water partition coefficient (Wildman–Crippen LogP) is 7.20. The molecule has 1 fully saturated rings. The van der Waals surface area contributed by atoms with Crippen molar-refractivity contribution in [2.75, 3.05) is 6.61 Å². The number of β-lactam (4-membered cyclic amide) rings is 1. The Morgan fingerprint density at radius 3 is 2.07 bits per heavy atom. The third kappa shape index (κ3) is 8.83. The maximum atomic E-state index is 14.2. The highest BCUT2D eigenvalue weighted by Gasteiger charge is 2.55. The first-order valence-electron chi connectivity index (χ1n) is 15.8. The van der Waals surface area contributed by atoms with E-state index in [1.54, 1.807) is 103 Å². The van der Waals surface area contributed by atoms with Crippen LogP contribution in [0.2, 0.25) is 0 Å². The molecule has 0 radical (unpaired) electrons. The Labute approximate surface area is 319 Å². The number of nitrogens with one attached hydrogen (secondary N) is 1. The van der Waals surface area contributed by atoms with Gasteiger partial charge in [0, 0.05) is 0 Å². The number of likely N-dealkylation sites (tertiary alicyclic amines) is 1. The van der Waals surface area contributed by atoms with E-state index >= 15 is 0 Å². The van der Waals surface area contributed by atoms with Gasteiger partial charge >= 0.3 is 21.6 Å². The van der Waals surface area contributed by atoms with E-state index in [1.807, 2.05) is 12.1 Å². The second-order valence-corrected chi connectivity index (χ2v) is 16.5. The Bertz CT molecular complexity index is 2200. The molecule has 2 heterocycles. The summed E-state index contributed by atoms with van der Waals surface area (Å²) in [6.07, 6.45) is -1.15. The normalized spacial score (nSPS) is 16.4. The second kappa shape index (κ2) is 16.5. The van der Waals surface area contributed by atoms with Crippen LogP contribution in [0.1, 0.15) is 24.2 Å². The van der Waals surface area contributed by atoms with Gasteiger partial charge in [0.1, 0.15) is 22.9 Å². The van der Waals surface area contributed by atoms with Crippen LogP contribution < -0.4 is 10.1 Å². The summed E-state index contributed by atoms with van der Waals surface area (Å²) in [5, 5.41) is 1.35. The van der Waals surface area contributed by atoms with Gasteiger partial charge < -0.3 is 19.0 Å². The molecule has 2 amide bonds. The van der Waals surface area contributed by atoms with Crippen LogP contribution >= 0.6 is 32.9 Å². The minimum atomic E-state index is -6.31. The van der Waals surface area contributed by atoms with Crippen LogP contribution in [0.3, 0.4) is 0 Å². The monoisotopic (exact) mass is 815 g/mol. The predicted molar refractivity (Wildman–Crippen MR) is 197 cm³/mol. The van der Waals surface area contributed by atoms with E-state index in [0.29, 0.717) is 26.7 Å². The van der Waals surface area contributed by atoms with Gasteiger partial charge in [-0.25, -0.2) is 9.78 Å². The minimum Gasteiger partial charge on any atom is -0.484 e. The number of amides is 2. The fourth-order valence-corrected chi connectivity index (χ4v) is 9.62. The molecular formula is C36H28F3N3O8S4. The van der Waals surface area contributed by atoms with Crippen molar-refractivity contribution in [2.24, 2.45) is 0 Å². The number of carbonyl (C=O) groups is 3. The molecule has 11 nitrogen and oxygen atoms in total. The summed E-state index contributed by atoms with van der Waals surface area (Å²) >= 11 is 1.32. The van der Waals surface area contributed by atoms with Gasteiger partial charge in [0.05, 0.1) is 10.2 Å². The van der Waals surface area contributed by atoms with Crippen molar-refractivity contribution in [2.45, 2.75) is 34.3 Å². The number of allylic oxidation sites excluding steroid dienone is 1. The number of carbonyl (C=O) groups excluding carboxylic acids is 3. The van der Waals surface area contributed by atoms with E-state index in [9.17, 15) is 36.0 Å². The molecular weight excluding hydrogens is 788 g/mol. The number of para-hydroxylation sites is 2. The fourth-order valence-electron chi connectivity index (χ4n) is 5.20. The highest BCUT2D eigenvalue weighted by molar-refractivity contribution is 8.77. The van der Waals surface area contributed by atoms with Gasteiger partial charge in [-0.05, 0) is 53.1 Å². The Morgan fingerprint density at radius 2 is 1.48 bits per heavy atom. The molecule has 280 valence electrons. The van der Waals surface area contributed by atoms with Crippen molar-refractivity contribution in [3.8, 4) is 5.75 Å². The summed E-state index contributed by atoms with van der Waals surface area (Å²) in [5.41, 5.74) is -5.17. The Kier molecular flexibility index (Phi) is 11.8. The number of aromatic nitrogens is 1. The van der Waals surface area contributed by atoms with Gasteiger partial charge in [-0.2, -0.15) is 21.6 Å². The molecule has 1 aromatic heterocycles. The summed E-state index contributed by atoms with van der Waals surface area (Å²) in [6, 6.07) is 31.1. The number of nitrogens with zero attached hydrogens (tertiary/aromatic N) is 2. The molecule has 0 spiro atoms. The number of hydrogen-bond acceptors (Lipinski definition) is 12. The van der Waals surface area contributed by atoms with Gasteiger partial charge in [0.2, 0.25) is 0 Å². The molecule has 4 aromatic carbocycles. The highest BCUT2D eigenvalue weighted by atomic mass is 33.1. The Balaban J connectivity index is 1.36. The Hall–Kier alpha value is -5.04. The molecule has 54 heavy (non-hydrogen) atoms. The van der Waals surface area contributed by atoms with Gasteiger partial charge in [0.25, 0.3) is 11.8 Å². The molecule has 1 aliphatic heterocycles. The molecule has 0 unspecified atom stereocenters. The van der Waals surface area contributed by atoms with Crippen LogP contribution in [0.15, 0.2) is 131 Å². The number of rotatable bonds is 14. The molecule has 18 heteroatoms. The number of thiazole rings is 1.